The lowest BCUT2D eigenvalue weighted by Gasteiger charge is -2.13. The summed E-state index contributed by atoms with van der Waals surface area (Å²) in [5.41, 5.74) is 2.97. The van der Waals surface area contributed by atoms with Gasteiger partial charge in [-0.25, -0.2) is 0 Å². The number of hydroxylamine groups is 1. The van der Waals surface area contributed by atoms with E-state index in [9.17, 15) is 0 Å². The first-order valence-corrected chi connectivity index (χ1v) is 4.59. The number of unbranched alkanes of at least 4 members (excludes halogenated alkanes) is 1. The topological polar surface area (TPSA) is 45.0 Å². The third kappa shape index (κ3) is 6.14. The van der Waals surface area contributed by atoms with Crippen molar-refractivity contribution in [2.24, 2.45) is 0 Å². The van der Waals surface area contributed by atoms with Gasteiger partial charge in [0.25, 0.3) is 0 Å². The van der Waals surface area contributed by atoms with E-state index in [1.807, 2.05) is 0 Å². The van der Waals surface area contributed by atoms with Crippen LogP contribution in [-0.2, 0) is 4.84 Å². The minimum atomic E-state index is 0.451. The number of nitrogens with one attached hydrogen (secondary N) is 1. The largest absolute Gasteiger partial charge is 0.302 e. The molecule has 0 aliphatic rings. The molecular weight excluding hydrogens is 152 g/mol. The Hall–Kier alpha value is -0.590. The standard InChI is InChI=1S/C9H18N2O/c1-3-9(4-2)11-12-8-6-5-7-10/h9,11H,3-6,8H2,1-2H3. The summed E-state index contributed by atoms with van der Waals surface area (Å²) in [5, 5.41) is 8.24. The van der Waals surface area contributed by atoms with Crippen LogP contribution < -0.4 is 5.48 Å². The summed E-state index contributed by atoms with van der Waals surface area (Å²) in [6, 6.07) is 2.53. The molecular formula is C9H18N2O. The molecule has 0 saturated heterocycles. The van der Waals surface area contributed by atoms with Crippen LogP contribution in [0, 0.1) is 11.3 Å². The highest BCUT2D eigenvalue weighted by Crippen LogP contribution is 1.96. The van der Waals surface area contributed by atoms with Gasteiger partial charge in [0.15, 0.2) is 0 Å². The fraction of sp³-hybridized carbons (Fsp3) is 0.889. The SMILES string of the molecule is CCC(CC)NOCCCC#N. The second-order valence-corrected chi connectivity index (χ2v) is 2.74. The highest BCUT2D eigenvalue weighted by Gasteiger charge is 2.00. The molecule has 0 spiro atoms. The number of rotatable bonds is 7. The lowest BCUT2D eigenvalue weighted by Crippen LogP contribution is -2.28. The van der Waals surface area contributed by atoms with E-state index >= 15 is 0 Å². The monoisotopic (exact) mass is 170 g/mol. The maximum absolute atomic E-state index is 8.24. The molecule has 0 atom stereocenters. The molecule has 0 aromatic rings. The molecule has 3 heteroatoms. The van der Waals surface area contributed by atoms with Gasteiger partial charge < -0.3 is 4.84 Å². The Bertz CT molecular complexity index is 127. The fourth-order valence-electron chi connectivity index (χ4n) is 0.856. The van der Waals surface area contributed by atoms with Crippen molar-refractivity contribution >= 4 is 0 Å². The van der Waals surface area contributed by atoms with Crippen molar-refractivity contribution in [1.82, 2.24) is 5.48 Å². The normalized spacial score (nSPS) is 10.2. The van der Waals surface area contributed by atoms with Crippen LogP contribution in [0.2, 0.25) is 0 Å². The van der Waals surface area contributed by atoms with Gasteiger partial charge in [0, 0.05) is 12.5 Å². The molecule has 0 aliphatic heterocycles. The Labute approximate surface area is 74.7 Å². The molecule has 0 amide bonds. The van der Waals surface area contributed by atoms with Gasteiger partial charge in [-0.05, 0) is 19.3 Å². The Morgan fingerprint density at radius 1 is 1.42 bits per heavy atom. The predicted octanol–water partition coefficient (Wildman–Crippen LogP) is 2.00. The van der Waals surface area contributed by atoms with Crippen LogP contribution in [0.15, 0.2) is 0 Å². The summed E-state index contributed by atoms with van der Waals surface area (Å²) in [6.45, 7) is 4.88. The molecule has 0 aliphatic carbocycles. The van der Waals surface area contributed by atoms with E-state index in [0.717, 1.165) is 19.3 Å². The summed E-state index contributed by atoms with van der Waals surface area (Å²) in [4.78, 5) is 5.18. The Kier molecular flexibility index (Phi) is 8.09. The van der Waals surface area contributed by atoms with Crippen LogP contribution >= 0.6 is 0 Å². The molecule has 0 rings (SSSR count). The van der Waals surface area contributed by atoms with Crippen molar-refractivity contribution < 1.29 is 4.84 Å². The molecule has 70 valence electrons. The van der Waals surface area contributed by atoms with Gasteiger partial charge in [0.1, 0.15) is 0 Å². The predicted molar refractivity (Wildman–Crippen MR) is 48.3 cm³/mol. The second-order valence-electron chi connectivity index (χ2n) is 2.74. The van der Waals surface area contributed by atoms with Gasteiger partial charge in [0.05, 0.1) is 12.7 Å². The van der Waals surface area contributed by atoms with Crippen LogP contribution in [0.5, 0.6) is 0 Å². The van der Waals surface area contributed by atoms with Crippen molar-refractivity contribution in [2.45, 2.75) is 45.6 Å². The van der Waals surface area contributed by atoms with E-state index in [0.29, 0.717) is 19.1 Å². The molecule has 0 heterocycles. The second kappa shape index (κ2) is 8.51. The van der Waals surface area contributed by atoms with E-state index in [2.05, 4.69) is 25.4 Å². The van der Waals surface area contributed by atoms with E-state index in [-0.39, 0.29) is 0 Å². The maximum atomic E-state index is 8.24. The van der Waals surface area contributed by atoms with Crippen LogP contribution in [0.3, 0.4) is 0 Å². The highest BCUT2D eigenvalue weighted by atomic mass is 16.6. The third-order valence-electron chi connectivity index (χ3n) is 1.77. The average molecular weight is 170 g/mol. The average Bonchev–Trinajstić information content (AvgIpc) is 2.11. The first-order valence-electron chi connectivity index (χ1n) is 4.59. The molecule has 0 aromatic heterocycles. The number of hydrogen-bond donors (Lipinski definition) is 1. The van der Waals surface area contributed by atoms with Gasteiger partial charge in [-0.1, -0.05) is 13.8 Å². The van der Waals surface area contributed by atoms with Crippen molar-refractivity contribution in [3.05, 3.63) is 0 Å². The maximum Gasteiger partial charge on any atom is 0.0692 e. The van der Waals surface area contributed by atoms with Gasteiger partial charge in [-0.15, -0.1) is 0 Å². The van der Waals surface area contributed by atoms with Crippen molar-refractivity contribution in [2.75, 3.05) is 6.61 Å². The zero-order valence-electron chi connectivity index (χ0n) is 7.97. The van der Waals surface area contributed by atoms with Gasteiger partial charge in [-0.2, -0.15) is 10.7 Å². The summed E-state index contributed by atoms with van der Waals surface area (Å²) < 4.78 is 0. The Balaban J connectivity index is 3.13. The molecule has 0 bridgehead atoms. The quantitative estimate of drug-likeness (QED) is 0.469. The minimum Gasteiger partial charge on any atom is -0.302 e. The van der Waals surface area contributed by atoms with Crippen LogP contribution in [0.25, 0.3) is 0 Å². The Morgan fingerprint density at radius 2 is 2.08 bits per heavy atom. The molecule has 0 saturated carbocycles. The van der Waals surface area contributed by atoms with Crippen molar-refractivity contribution in [3.63, 3.8) is 0 Å². The van der Waals surface area contributed by atoms with Crippen LogP contribution in [0.4, 0.5) is 0 Å². The first-order chi connectivity index (χ1) is 5.85. The molecule has 0 fully saturated rings. The zero-order valence-corrected chi connectivity index (χ0v) is 7.97. The molecule has 12 heavy (non-hydrogen) atoms. The highest BCUT2D eigenvalue weighted by molar-refractivity contribution is 4.67. The summed E-state index contributed by atoms with van der Waals surface area (Å²) >= 11 is 0. The van der Waals surface area contributed by atoms with Crippen molar-refractivity contribution in [1.29, 1.82) is 5.26 Å². The zero-order chi connectivity index (χ0) is 9.23. The molecule has 3 nitrogen and oxygen atoms in total. The molecule has 0 radical (unpaired) electrons. The lowest BCUT2D eigenvalue weighted by atomic mass is 10.2. The van der Waals surface area contributed by atoms with Gasteiger partial charge in [0.2, 0.25) is 0 Å². The van der Waals surface area contributed by atoms with E-state index in [1.54, 1.807) is 0 Å². The molecule has 0 aromatic carbocycles. The molecule has 1 N–H and O–H groups in total. The minimum absolute atomic E-state index is 0.451. The lowest BCUT2D eigenvalue weighted by molar-refractivity contribution is 0.0133. The van der Waals surface area contributed by atoms with Gasteiger partial charge >= 0.3 is 0 Å². The molecule has 0 unspecified atom stereocenters. The number of nitrogens with zero attached hydrogens (tertiary/aromatic N) is 1. The summed E-state index contributed by atoms with van der Waals surface area (Å²) in [5.74, 6) is 0. The van der Waals surface area contributed by atoms with E-state index in [4.69, 9.17) is 10.1 Å². The fourth-order valence-corrected chi connectivity index (χ4v) is 0.856. The van der Waals surface area contributed by atoms with Crippen molar-refractivity contribution in [3.8, 4) is 6.07 Å². The van der Waals surface area contributed by atoms with E-state index < -0.39 is 0 Å². The third-order valence-corrected chi connectivity index (χ3v) is 1.77. The van der Waals surface area contributed by atoms with Crippen LogP contribution in [-0.4, -0.2) is 12.6 Å². The number of nitriles is 1. The summed E-state index contributed by atoms with van der Waals surface area (Å²) in [7, 11) is 0. The van der Waals surface area contributed by atoms with Crippen LogP contribution in [0.1, 0.15) is 39.5 Å². The smallest absolute Gasteiger partial charge is 0.0692 e. The van der Waals surface area contributed by atoms with E-state index in [1.165, 1.54) is 0 Å². The Morgan fingerprint density at radius 3 is 2.58 bits per heavy atom. The number of hydrogen-bond acceptors (Lipinski definition) is 3. The van der Waals surface area contributed by atoms with Gasteiger partial charge in [-0.3, -0.25) is 0 Å². The first kappa shape index (κ1) is 11.4. The summed E-state index contributed by atoms with van der Waals surface area (Å²) in [6.07, 6.45) is 3.54.